The van der Waals surface area contributed by atoms with Gasteiger partial charge in [-0.1, -0.05) is 30.4 Å². The highest BCUT2D eigenvalue weighted by Gasteiger charge is 2.73. The lowest BCUT2D eigenvalue weighted by atomic mass is 9.71. The van der Waals surface area contributed by atoms with Crippen LogP contribution in [0.15, 0.2) is 109 Å². The minimum Gasteiger partial charge on any atom is -0.493 e. The van der Waals surface area contributed by atoms with Gasteiger partial charge in [-0.15, -0.1) is 0 Å². The van der Waals surface area contributed by atoms with Gasteiger partial charge in [-0.2, -0.15) is 31.6 Å². The van der Waals surface area contributed by atoms with Crippen molar-refractivity contribution < 1.29 is 74.1 Å². The number of nitrogens with one attached hydrogen (secondary N) is 2. The predicted molar refractivity (Wildman–Crippen MR) is 257 cm³/mol. The molecule has 4 aromatic carbocycles. The van der Waals surface area contributed by atoms with Crippen molar-refractivity contribution in [1.82, 2.24) is 0 Å². The van der Waals surface area contributed by atoms with Gasteiger partial charge in [0.1, 0.15) is 22.7 Å². The van der Waals surface area contributed by atoms with Gasteiger partial charge in [-0.25, -0.2) is 14.6 Å². The summed E-state index contributed by atoms with van der Waals surface area (Å²) in [7, 11) is 0. The van der Waals surface area contributed by atoms with Crippen LogP contribution in [0.4, 0.5) is 54.8 Å². The number of nitriles is 1. The Balaban J connectivity index is 0.000000186. The van der Waals surface area contributed by atoms with E-state index in [1.165, 1.54) is 32.0 Å². The first-order chi connectivity index (χ1) is 35.8. The minimum absolute atomic E-state index is 0.125. The molecule has 0 radical (unpaired) electrons. The third kappa shape index (κ3) is 9.10. The van der Waals surface area contributed by atoms with E-state index >= 15 is 0 Å². The quantitative estimate of drug-likeness (QED) is 0.0594. The van der Waals surface area contributed by atoms with Crippen LogP contribution in [0.1, 0.15) is 57.2 Å². The summed E-state index contributed by atoms with van der Waals surface area (Å²) in [5.41, 5.74) is -7.45. The Morgan fingerprint density at radius 3 is 1.41 bits per heavy atom. The Morgan fingerprint density at radius 2 is 1.03 bits per heavy atom. The van der Waals surface area contributed by atoms with Gasteiger partial charge in [-0.3, -0.25) is 28.8 Å². The number of alkyl halides is 6. The van der Waals surface area contributed by atoms with E-state index in [0.29, 0.717) is 35.0 Å². The van der Waals surface area contributed by atoms with Crippen LogP contribution < -0.4 is 29.9 Å². The van der Waals surface area contributed by atoms with Gasteiger partial charge in [0, 0.05) is 43.8 Å². The van der Waals surface area contributed by atoms with E-state index in [4.69, 9.17) is 30.8 Å². The first-order valence-corrected chi connectivity index (χ1v) is 23.5. The summed E-state index contributed by atoms with van der Waals surface area (Å²) in [5.74, 6) is -5.70. The van der Waals surface area contributed by atoms with E-state index < -0.39 is 104 Å². The molecule has 0 spiro atoms. The SMILES string of the molecule is CC(=O)Nc1ccc(OCCC23C=CC(C)(O2)[C@@H]2C(=O)N(c4ccc(C#N)c(C(F)(F)F)c4)C(=O)[C@@H]23)cc1.[C-]#[N+]c1ccc(N2C(=O)[C@@H]3[C@H](C2=O)C2(C)C=CC3(CCOc3ccc(NC(C)=O)cc3)O2)cc1C(F)(F)F. The average molecular weight is 1050 g/mol. The first kappa shape index (κ1) is 52.5. The van der Waals surface area contributed by atoms with Crippen molar-refractivity contribution >= 4 is 63.9 Å². The number of nitrogens with zero attached hydrogens (tertiary/aromatic N) is 4. The Kier molecular flexibility index (Phi) is 13.0. The molecule has 4 bridgehead atoms. The maximum atomic E-state index is 13.6. The fraction of sp³-hybridized carbons (Fsp3) is 0.333. The lowest BCUT2D eigenvalue weighted by molar-refractivity contribution is -0.138. The molecule has 4 aromatic rings. The number of halogens is 6. The molecule has 4 fully saturated rings. The molecular weight excluding hydrogens is 1010 g/mol. The lowest BCUT2D eigenvalue weighted by Gasteiger charge is -2.29. The number of imide groups is 2. The molecule has 16 nitrogen and oxygen atoms in total. The highest BCUT2D eigenvalue weighted by atomic mass is 19.4. The largest absolute Gasteiger partial charge is 0.493 e. The summed E-state index contributed by atoms with van der Waals surface area (Å²) in [6.07, 6.45) is -2.35. The molecule has 76 heavy (non-hydrogen) atoms. The minimum atomic E-state index is -4.84. The molecular formula is C54H44F6N6O10. The number of carbonyl (C=O) groups is 6. The Labute approximate surface area is 429 Å². The van der Waals surface area contributed by atoms with Crippen LogP contribution >= 0.6 is 0 Å². The van der Waals surface area contributed by atoms with Crippen LogP contribution in [0.5, 0.6) is 11.5 Å². The molecule has 22 heteroatoms. The molecule has 10 rings (SSSR count). The summed E-state index contributed by atoms with van der Waals surface area (Å²) in [5, 5.41) is 14.4. The van der Waals surface area contributed by atoms with Crippen LogP contribution in [0, 0.1) is 41.6 Å². The number of hydrogen-bond donors (Lipinski definition) is 2. The van der Waals surface area contributed by atoms with Crippen molar-refractivity contribution in [1.29, 1.82) is 5.26 Å². The van der Waals surface area contributed by atoms with Crippen LogP contribution in [-0.4, -0.2) is 71.1 Å². The van der Waals surface area contributed by atoms with Crippen LogP contribution in [0.2, 0.25) is 0 Å². The van der Waals surface area contributed by atoms with Gasteiger partial charge in [0.15, 0.2) is 5.69 Å². The number of benzene rings is 4. The standard InChI is InChI=1S/2C27H22F3N3O5/c1-15(34)32-16-4-7-18(8-5-16)37-13-12-26-11-10-25(2,38-26)21-22(26)24(36)33(23(21)35)17-6-9-20(31-3)19(14-17)27(28,29)30;1-15(34)32-17-4-7-19(8-5-17)37-12-11-26-10-9-25(2,38-26)21-22(26)24(36)33(23(21)35)18-6-3-16(14-31)20(13-18)27(28,29)30/h4-11,14,21-22H,12-13H2,1-2H3,(H,32,34);3-10,13,21-22H,11-12H2,1-2H3,(H,32,34)/t2*21-,22+,25?,26?/m10/s1. The smallest absolute Gasteiger partial charge is 0.417 e. The number of fused-ring (bicyclic) bond motifs is 10. The highest BCUT2D eigenvalue weighted by molar-refractivity contribution is 6.24. The summed E-state index contributed by atoms with van der Waals surface area (Å²) < 4.78 is 105. The maximum absolute atomic E-state index is 13.6. The molecule has 0 saturated carbocycles. The molecule has 2 N–H and O–H groups in total. The average Bonchev–Trinajstić information content (AvgIpc) is 4.29. The molecule has 8 atom stereocenters. The third-order valence-electron chi connectivity index (χ3n) is 14.3. The summed E-state index contributed by atoms with van der Waals surface area (Å²) in [6, 6.07) is 20.5. The van der Waals surface area contributed by atoms with Crippen molar-refractivity contribution in [2.24, 2.45) is 23.7 Å². The topological polar surface area (TPSA) is 198 Å². The molecule has 6 aliphatic heterocycles. The second kappa shape index (κ2) is 18.8. The van der Waals surface area contributed by atoms with Crippen molar-refractivity contribution in [3.63, 3.8) is 0 Å². The van der Waals surface area contributed by atoms with E-state index in [0.717, 1.165) is 21.9 Å². The van der Waals surface area contributed by atoms with E-state index in [-0.39, 0.29) is 49.2 Å². The molecule has 392 valence electrons. The molecule has 6 heterocycles. The Hall–Kier alpha value is -8.34. The molecule has 6 aliphatic rings. The predicted octanol–water partition coefficient (Wildman–Crippen LogP) is 9.09. The zero-order valence-electron chi connectivity index (χ0n) is 40.7. The van der Waals surface area contributed by atoms with Crippen LogP contribution in [0.3, 0.4) is 0 Å². The number of anilines is 4. The number of amides is 6. The van der Waals surface area contributed by atoms with Crippen molar-refractivity contribution in [3.8, 4) is 17.6 Å². The van der Waals surface area contributed by atoms with Crippen molar-refractivity contribution in [2.75, 3.05) is 33.6 Å². The maximum Gasteiger partial charge on any atom is 0.417 e. The summed E-state index contributed by atoms with van der Waals surface area (Å²) in [4.78, 5) is 80.9. The highest BCUT2D eigenvalue weighted by Crippen LogP contribution is 2.61. The monoisotopic (exact) mass is 1050 g/mol. The fourth-order valence-electron chi connectivity index (χ4n) is 11.1. The zero-order chi connectivity index (χ0) is 54.9. The number of hydrogen-bond acceptors (Lipinski definition) is 11. The molecule has 4 unspecified atom stereocenters. The summed E-state index contributed by atoms with van der Waals surface area (Å²) >= 11 is 0. The van der Waals surface area contributed by atoms with Gasteiger partial charge < -0.3 is 29.6 Å². The second-order valence-electron chi connectivity index (χ2n) is 19.3. The van der Waals surface area contributed by atoms with E-state index in [1.54, 1.807) is 86.7 Å². The number of ether oxygens (including phenoxy) is 4. The van der Waals surface area contributed by atoms with Crippen LogP contribution in [-0.2, 0) is 50.6 Å². The lowest BCUT2D eigenvalue weighted by Crippen LogP contribution is -2.42. The van der Waals surface area contributed by atoms with Gasteiger partial charge >= 0.3 is 12.4 Å². The fourth-order valence-corrected chi connectivity index (χ4v) is 11.1. The zero-order valence-corrected chi connectivity index (χ0v) is 40.7. The second-order valence-corrected chi connectivity index (χ2v) is 19.3. The van der Waals surface area contributed by atoms with Gasteiger partial charge in [0.05, 0.1) is 83.1 Å². The van der Waals surface area contributed by atoms with Gasteiger partial charge in [0.25, 0.3) is 0 Å². The molecule has 6 amide bonds. The van der Waals surface area contributed by atoms with Gasteiger partial charge in [-0.05, 0) is 92.7 Å². The molecule has 0 aliphatic carbocycles. The first-order valence-electron chi connectivity index (χ1n) is 23.5. The Bertz CT molecular complexity index is 3040. The molecule has 0 aromatic heterocycles. The number of rotatable bonds is 12. The van der Waals surface area contributed by atoms with E-state index in [9.17, 15) is 55.1 Å². The van der Waals surface area contributed by atoms with Crippen molar-refractivity contribution in [2.45, 2.75) is 75.3 Å². The van der Waals surface area contributed by atoms with Crippen LogP contribution in [0.25, 0.3) is 4.85 Å². The van der Waals surface area contributed by atoms with Gasteiger partial charge in [0.2, 0.25) is 35.4 Å². The summed E-state index contributed by atoms with van der Waals surface area (Å²) in [6.45, 7) is 13.4. The Morgan fingerprint density at radius 1 is 0.632 bits per heavy atom. The van der Waals surface area contributed by atoms with E-state index in [1.807, 2.05) is 0 Å². The normalized spacial score (nSPS) is 27.4. The third-order valence-corrected chi connectivity index (χ3v) is 14.3. The molecule has 4 saturated heterocycles. The van der Waals surface area contributed by atoms with E-state index in [2.05, 4.69) is 15.5 Å². The number of carbonyl (C=O) groups excluding carboxylic acids is 6. The van der Waals surface area contributed by atoms with Crippen molar-refractivity contribution in [3.05, 3.63) is 137 Å².